The minimum Gasteiger partial charge on any atom is -0.391 e. The smallest absolute Gasteiger partial charge is 0.241 e. The summed E-state index contributed by atoms with van der Waals surface area (Å²) in [4.78, 5) is 13.9. The molecule has 0 spiro atoms. The van der Waals surface area contributed by atoms with Gasteiger partial charge in [0.1, 0.15) is 6.04 Å². The Morgan fingerprint density at radius 3 is 2.50 bits per heavy atom. The van der Waals surface area contributed by atoms with Crippen LogP contribution in [0, 0.1) is 0 Å². The maximum Gasteiger partial charge on any atom is 0.241 e. The van der Waals surface area contributed by atoms with Crippen LogP contribution >= 0.6 is 0 Å². The standard InChI is InChI=1S/C11H20N2O4S/c1-18(16,17)13-7-3-5-10(13)11(15)12-6-2-4-9(14)8-12/h9-10,14H,2-8H2,1H3/t9-,10?/m0/s1. The van der Waals surface area contributed by atoms with Crippen molar-refractivity contribution >= 4 is 15.9 Å². The Bertz CT molecular complexity index is 423. The largest absolute Gasteiger partial charge is 0.391 e. The molecular formula is C11H20N2O4S. The van der Waals surface area contributed by atoms with Crippen molar-refractivity contribution in [1.29, 1.82) is 0 Å². The topological polar surface area (TPSA) is 77.9 Å². The number of likely N-dealkylation sites (tertiary alicyclic amines) is 1. The van der Waals surface area contributed by atoms with Crippen LogP contribution in [-0.2, 0) is 14.8 Å². The number of carbonyl (C=O) groups is 1. The van der Waals surface area contributed by atoms with Crippen molar-refractivity contribution in [3.05, 3.63) is 0 Å². The molecular weight excluding hydrogens is 256 g/mol. The lowest BCUT2D eigenvalue weighted by atomic mass is 10.1. The molecule has 6 nitrogen and oxygen atoms in total. The van der Waals surface area contributed by atoms with Gasteiger partial charge in [-0.25, -0.2) is 8.42 Å². The van der Waals surface area contributed by atoms with Gasteiger partial charge in [0.25, 0.3) is 0 Å². The Kier molecular flexibility index (Phi) is 3.93. The summed E-state index contributed by atoms with van der Waals surface area (Å²) in [5.41, 5.74) is 0. The van der Waals surface area contributed by atoms with Crippen LogP contribution in [0.25, 0.3) is 0 Å². The first kappa shape index (κ1) is 13.8. The fourth-order valence-corrected chi connectivity index (χ4v) is 3.87. The van der Waals surface area contributed by atoms with Crippen LogP contribution in [0.1, 0.15) is 25.7 Å². The second kappa shape index (κ2) is 5.14. The summed E-state index contributed by atoms with van der Waals surface area (Å²) < 4.78 is 24.5. The lowest BCUT2D eigenvalue weighted by molar-refractivity contribution is -0.137. The van der Waals surface area contributed by atoms with Gasteiger partial charge in [0, 0.05) is 19.6 Å². The van der Waals surface area contributed by atoms with E-state index in [1.54, 1.807) is 4.90 Å². The van der Waals surface area contributed by atoms with E-state index in [1.807, 2.05) is 0 Å². The van der Waals surface area contributed by atoms with Crippen LogP contribution in [-0.4, -0.2) is 66.7 Å². The number of β-amino-alcohol motifs (C(OH)–C–C–N with tert-alkyl or cyclic N) is 1. The summed E-state index contributed by atoms with van der Waals surface area (Å²) in [6.45, 7) is 1.36. The highest BCUT2D eigenvalue weighted by Gasteiger charge is 2.39. The van der Waals surface area contributed by atoms with Crippen LogP contribution in [0.5, 0.6) is 0 Å². The minimum atomic E-state index is -3.33. The molecule has 1 N–H and O–H groups in total. The summed E-state index contributed by atoms with van der Waals surface area (Å²) in [7, 11) is -3.33. The molecule has 2 aliphatic heterocycles. The third-order valence-electron chi connectivity index (χ3n) is 3.62. The van der Waals surface area contributed by atoms with Crippen LogP contribution < -0.4 is 0 Å². The summed E-state index contributed by atoms with van der Waals surface area (Å²) in [5, 5.41) is 9.57. The summed E-state index contributed by atoms with van der Waals surface area (Å²) in [6, 6.07) is -0.565. The van der Waals surface area contributed by atoms with Crippen molar-refractivity contribution < 1.29 is 18.3 Å². The van der Waals surface area contributed by atoms with Crippen molar-refractivity contribution in [2.24, 2.45) is 0 Å². The van der Waals surface area contributed by atoms with Gasteiger partial charge in [-0.2, -0.15) is 4.31 Å². The first-order chi connectivity index (χ1) is 8.39. The number of hydrogen-bond donors (Lipinski definition) is 1. The summed E-state index contributed by atoms with van der Waals surface area (Å²) in [6.07, 6.45) is 3.46. The molecule has 0 radical (unpaired) electrons. The first-order valence-electron chi connectivity index (χ1n) is 6.33. The van der Waals surface area contributed by atoms with E-state index >= 15 is 0 Å². The van der Waals surface area contributed by atoms with Crippen LogP contribution in [0.3, 0.4) is 0 Å². The molecule has 1 unspecified atom stereocenters. The molecule has 2 fully saturated rings. The quantitative estimate of drug-likeness (QED) is 0.730. The molecule has 0 aromatic rings. The lowest BCUT2D eigenvalue weighted by Crippen LogP contribution is -2.51. The van der Waals surface area contributed by atoms with Crippen LogP contribution in [0.4, 0.5) is 0 Å². The van der Waals surface area contributed by atoms with Gasteiger partial charge >= 0.3 is 0 Å². The number of aliphatic hydroxyl groups excluding tert-OH is 1. The van der Waals surface area contributed by atoms with Crippen molar-refractivity contribution in [2.45, 2.75) is 37.8 Å². The average Bonchev–Trinajstić information content (AvgIpc) is 2.76. The van der Waals surface area contributed by atoms with Gasteiger partial charge in [0.15, 0.2) is 0 Å². The first-order valence-corrected chi connectivity index (χ1v) is 8.18. The van der Waals surface area contributed by atoms with E-state index in [2.05, 4.69) is 0 Å². The second-order valence-corrected chi connectivity index (χ2v) is 7.05. The number of amides is 1. The molecule has 0 aromatic carbocycles. The third-order valence-corrected chi connectivity index (χ3v) is 4.91. The van der Waals surface area contributed by atoms with Gasteiger partial charge in [-0.15, -0.1) is 0 Å². The molecule has 0 bridgehead atoms. The Morgan fingerprint density at radius 2 is 1.89 bits per heavy atom. The van der Waals surface area contributed by atoms with Crippen molar-refractivity contribution in [3.63, 3.8) is 0 Å². The highest BCUT2D eigenvalue weighted by Crippen LogP contribution is 2.23. The Balaban J connectivity index is 2.08. The van der Waals surface area contributed by atoms with E-state index in [1.165, 1.54) is 4.31 Å². The molecule has 2 atom stereocenters. The number of nitrogens with zero attached hydrogens (tertiary/aromatic N) is 2. The maximum atomic E-state index is 12.3. The normalized spacial score (nSPS) is 30.7. The van der Waals surface area contributed by atoms with Gasteiger partial charge < -0.3 is 10.0 Å². The highest BCUT2D eigenvalue weighted by molar-refractivity contribution is 7.88. The summed E-state index contributed by atoms with van der Waals surface area (Å²) >= 11 is 0. The predicted octanol–water partition coefficient (Wildman–Crippen LogP) is -0.606. The van der Waals surface area contributed by atoms with Gasteiger partial charge in [-0.1, -0.05) is 0 Å². The molecule has 104 valence electrons. The fourth-order valence-electron chi connectivity index (χ4n) is 2.75. The zero-order chi connectivity index (χ0) is 13.3. The number of aliphatic hydroxyl groups is 1. The van der Waals surface area contributed by atoms with Crippen molar-refractivity contribution in [3.8, 4) is 0 Å². The highest BCUT2D eigenvalue weighted by atomic mass is 32.2. The van der Waals surface area contributed by atoms with Gasteiger partial charge in [-0.3, -0.25) is 4.79 Å². The monoisotopic (exact) mass is 276 g/mol. The van der Waals surface area contributed by atoms with E-state index in [0.29, 0.717) is 32.5 Å². The van der Waals surface area contributed by atoms with Crippen molar-refractivity contribution in [2.75, 3.05) is 25.9 Å². The Hall–Kier alpha value is -0.660. The van der Waals surface area contributed by atoms with E-state index in [9.17, 15) is 18.3 Å². The molecule has 2 aliphatic rings. The lowest BCUT2D eigenvalue weighted by Gasteiger charge is -2.33. The molecule has 2 saturated heterocycles. The molecule has 2 rings (SSSR count). The number of rotatable bonds is 2. The zero-order valence-electron chi connectivity index (χ0n) is 10.6. The molecule has 0 aliphatic carbocycles. The molecule has 7 heteroatoms. The Labute approximate surface area is 108 Å². The second-order valence-electron chi connectivity index (χ2n) is 5.11. The van der Waals surface area contributed by atoms with Crippen molar-refractivity contribution in [1.82, 2.24) is 9.21 Å². The maximum absolute atomic E-state index is 12.3. The molecule has 0 saturated carbocycles. The Morgan fingerprint density at radius 1 is 1.22 bits per heavy atom. The number of carbonyl (C=O) groups excluding carboxylic acids is 1. The molecule has 1 amide bonds. The van der Waals surface area contributed by atoms with Gasteiger partial charge in [-0.05, 0) is 25.7 Å². The van der Waals surface area contributed by atoms with E-state index in [-0.39, 0.29) is 5.91 Å². The zero-order valence-corrected chi connectivity index (χ0v) is 11.4. The van der Waals surface area contributed by atoms with E-state index < -0.39 is 22.2 Å². The minimum absolute atomic E-state index is 0.156. The number of sulfonamides is 1. The van der Waals surface area contributed by atoms with E-state index in [0.717, 1.165) is 19.1 Å². The molecule has 0 aromatic heterocycles. The SMILES string of the molecule is CS(=O)(=O)N1CCCC1C(=O)N1CCC[C@H](O)C1. The van der Waals surface area contributed by atoms with Crippen LogP contribution in [0.2, 0.25) is 0 Å². The number of piperidine rings is 1. The summed E-state index contributed by atoms with van der Waals surface area (Å²) in [5.74, 6) is -0.156. The van der Waals surface area contributed by atoms with Gasteiger partial charge in [0.2, 0.25) is 15.9 Å². The van der Waals surface area contributed by atoms with Gasteiger partial charge in [0.05, 0.1) is 12.4 Å². The van der Waals surface area contributed by atoms with E-state index in [4.69, 9.17) is 0 Å². The average molecular weight is 276 g/mol. The number of hydrogen-bond acceptors (Lipinski definition) is 4. The molecule has 2 heterocycles. The third kappa shape index (κ3) is 2.84. The molecule has 18 heavy (non-hydrogen) atoms. The van der Waals surface area contributed by atoms with Crippen LogP contribution in [0.15, 0.2) is 0 Å². The predicted molar refractivity (Wildman–Crippen MR) is 66.4 cm³/mol. The fraction of sp³-hybridized carbons (Fsp3) is 0.909.